The van der Waals surface area contributed by atoms with E-state index in [1.165, 1.54) is 0 Å². The summed E-state index contributed by atoms with van der Waals surface area (Å²) in [5, 5.41) is 8.08. The molecule has 0 fully saturated rings. The average Bonchev–Trinajstić information content (AvgIpc) is 2.73. The molecule has 1 aromatic heterocycles. The van der Waals surface area contributed by atoms with E-state index in [1.54, 1.807) is 0 Å². The summed E-state index contributed by atoms with van der Waals surface area (Å²) >= 11 is 5.92. The zero-order valence-corrected chi connectivity index (χ0v) is 14.7. The number of carbonyl (C=O) groups is 1. The molecule has 0 spiro atoms. The molecule has 0 aliphatic carbocycles. The van der Waals surface area contributed by atoms with E-state index < -0.39 is 5.54 Å². The highest BCUT2D eigenvalue weighted by Crippen LogP contribution is 2.20. The van der Waals surface area contributed by atoms with Crippen LogP contribution in [0.5, 0.6) is 0 Å². The number of aryl methyl sites for hydroxylation is 1. The summed E-state index contributed by atoms with van der Waals surface area (Å²) in [4.78, 5) is 12.1. The van der Waals surface area contributed by atoms with Gasteiger partial charge in [0.25, 0.3) is 0 Å². The lowest BCUT2D eigenvalue weighted by Gasteiger charge is -2.18. The number of carbonyl (C=O) groups excluding carboxylic acids is 1. The van der Waals surface area contributed by atoms with Crippen molar-refractivity contribution in [2.24, 2.45) is 5.73 Å². The van der Waals surface area contributed by atoms with Crippen molar-refractivity contribution >= 4 is 17.5 Å². The lowest BCUT2D eigenvalue weighted by atomic mass is 10.1. The third-order valence-corrected chi connectivity index (χ3v) is 3.84. The van der Waals surface area contributed by atoms with Gasteiger partial charge in [0, 0.05) is 28.4 Å². The number of hydrogen-bond acceptors (Lipinski definition) is 3. The molecule has 0 radical (unpaired) electrons. The van der Waals surface area contributed by atoms with E-state index in [2.05, 4.69) is 10.4 Å². The molecule has 0 bridgehead atoms. The Kier molecular flexibility index (Phi) is 5.12. The minimum Gasteiger partial charge on any atom is -0.354 e. The number of rotatable bonds is 5. The van der Waals surface area contributed by atoms with Gasteiger partial charge >= 0.3 is 0 Å². The predicted octanol–water partition coefficient (Wildman–Crippen LogP) is 2.54. The molecule has 0 atom stereocenters. The van der Waals surface area contributed by atoms with E-state index >= 15 is 0 Å². The van der Waals surface area contributed by atoms with Crippen LogP contribution in [-0.4, -0.2) is 27.8 Å². The Morgan fingerprint density at radius 3 is 2.48 bits per heavy atom. The highest BCUT2D eigenvalue weighted by Gasteiger charge is 2.17. The van der Waals surface area contributed by atoms with E-state index in [4.69, 9.17) is 17.3 Å². The van der Waals surface area contributed by atoms with Crippen LogP contribution in [0.2, 0.25) is 5.02 Å². The molecular formula is C17H23ClN4O. The molecule has 23 heavy (non-hydrogen) atoms. The first-order chi connectivity index (χ1) is 10.7. The zero-order chi connectivity index (χ0) is 17.2. The number of hydrogen-bond donors (Lipinski definition) is 2. The second-order valence-electron chi connectivity index (χ2n) is 6.48. The topological polar surface area (TPSA) is 72.9 Å². The van der Waals surface area contributed by atoms with Crippen LogP contribution in [0.25, 0.3) is 5.69 Å². The largest absolute Gasteiger partial charge is 0.354 e. The fourth-order valence-corrected chi connectivity index (χ4v) is 2.44. The third kappa shape index (κ3) is 4.56. The van der Waals surface area contributed by atoms with Crippen molar-refractivity contribution in [3.8, 4) is 5.69 Å². The molecule has 1 amide bonds. The summed E-state index contributed by atoms with van der Waals surface area (Å²) in [6.07, 6.45) is 0.293. The van der Waals surface area contributed by atoms with Crippen LogP contribution in [-0.2, 0) is 11.2 Å². The normalized spacial score (nSPS) is 11.6. The smallest absolute Gasteiger partial charge is 0.224 e. The van der Waals surface area contributed by atoms with Crippen LogP contribution in [0.4, 0.5) is 0 Å². The molecule has 0 saturated heterocycles. The van der Waals surface area contributed by atoms with Crippen LogP contribution in [0.3, 0.4) is 0 Å². The Hall–Kier alpha value is -1.85. The number of aromatic nitrogens is 2. The minimum atomic E-state index is -0.423. The maximum Gasteiger partial charge on any atom is 0.224 e. The molecule has 0 aliphatic heterocycles. The summed E-state index contributed by atoms with van der Waals surface area (Å²) in [6.45, 7) is 8.07. The number of nitrogens with two attached hydrogens (primary N) is 1. The number of halogens is 1. The van der Waals surface area contributed by atoms with E-state index in [9.17, 15) is 4.79 Å². The lowest BCUT2D eigenvalue weighted by Crippen LogP contribution is -2.45. The third-order valence-electron chi connectivity index (χ3n) is 3.59. The molecule has 1 heterocycles. The SMILES string of the molecule is Cc1nn(-c2ccc(Cl)cc2)c(C)c1CC(=O)NCC(C)(C)N. The summed E-state index contributed by atoms with van der Waals surface area (Å²) in [5.74, 6) is -0.0506. The van der Waals surface area contributed by atoms with Crippen LogP contribution < -0.4 is 11.1 Å². The van der Waals surface area contributed by atoms with Gasteiger partial charge in [-0.15, -0.1) is 0 Å². The molecule has 5 nitrogen and oxygen atoms in total. The monoisotopic (exact) mass is 334 g/mol. The zero-order valence-electron chi connectivity index (χ0n) is 14.0. The highest BCUT2D eigenvalue weighted by molar-refractivity contribution is 6.30. The van der Waals surface area contributed by atoms with Gasteiger partial charge in [-0.3, -0.25) is 4.79 Å². The van der Waals surface area contributed by atoms with Crippen molar-refractivity contribution in [3.63, 3.8) is 0 Å². The van der Waals surface area contributed by atoms with Crippen LogP contribution in [0.1, 0.15) is 30.8 Å². The van der Waals surface area contributed by atoms with E-state index in [0.717, 1.165) is 22.6 Å². The number of amides is 1. The van der Waals surface area contributed by atoms with Crippen molar-refractivity contribution in [3.05, 3.63) is 46.2 Å². The van der Waals surface area contributed by atoms with E-state index in [0.29, 0.717) is 18.0 Å². The quantitative estimate of drug-likeness (QED) is 0.882. The fraction of sp³-hybridized carbons (Fsp3) is 0.412. The first-order valence-corrected chi connectivity index (χ1v) is 7.92. The summed E-state index contributed by atoms with van der Waals surface area (Å²) in [7, 11) is 0. The van der Waals surface area contributed by atoms with Gasteiger partial charge in [-0.2, -0.15) is 5.10 Å². The Morgan fingerprint density at radius 1 is 1.30 bits per heavy atom. The Labute approximate surface area is 141 Å². The molecule has 6 heteroatoms. The molecule has 0 saturated carbocycles. The number of nitrogens with zero attached hydrogens (tertiary/aromatic N) is 2. The molecule has 0 unspecified atom stereocenters. The molecule has 3 N–H and O–H groups in total. The lowest BCUT2D eigenvalue weighted by molar-refractivity contribution is -0.120. The summed E-state index contributed by atoms with van der Waals surface area (Å²) < 4.78 is 1.83. The van der Waals surface area contributed by atoms with Crippen LogP contribution in [0.15, 0.2) is 24.3 Å². The highest BCUT2D eigenvalue weighted by atomic mass is 35.5. The molecule has 2 rings (SSSR count). The Morgan fingerprint density at radius 2 is 1.91 bits per heavy atom. The van der Waals surface area contributed by atoms with Crippen molar-refractivity contribution in [1.29, 1.82) is 0 Å². The summed E-state index contributed by atoms with van der Waals surface area (Å²) in [6, 6.07) is 7.46. The molecule has 0 aliphatic rings. The van der Waals surface area contributed by atoms with Crippen LogP contribution >= 0.6 is 11.6 Å². The van der Waals surface area contributed by atoms with Gasteiger partial charge in [-0.1, -0.05) is 11.6 Å². The summed E-state index contributed by atoms with van der Waals surface area (Å²) in [5.41, 5.74) is 9.12. The van der Waals surface area contributed by atoms with Gasteiger partial charge in [0.05, 0.1) is 17.8 Å². The van der Waals surface area contributed by atoms with E-state index in [1.807, 2.05) is 56.6 Å². The molecule has 124 valence electrons. The second kappa shape index (κ2) is 6.72. The van der Waals surface area contributed by atoms with Gasteiger partial charge in [0.15, 0.2) is 0 Å². The van der Waals surface area contributed by atoms with Crippen molar-refractivity contribution in [2.45, 2.75) is 39.7 Å². The fourth-order valence-electron chi connectivity index (χ4n) is 2.31. The number of benzene rings is 1. The van der Waals surface area contributed by atoms with E-state index in [-0.39, 0.29) is 5.91 Å². The average molecular weight is 335 g/mol. The van der Waals surface area contributed by atoms with Gasteiger partial charge in [-0.25, -0.2) is 4.68 Å². The minimum absolute atomic E-state index is 0.0506. The Bertz CT molecular complexity index is 699. The van der Waals surface area contributed by atoms with Crippen molar-refractivity contribution in [1.82, 2.24) is 15.1 Å². The molecule has 1 aromatic carbocycles. The first-order valence-electron chi connectivity index (χ1n) is 7.54. The second-order valence-corrected chi connectivity index (χ2v) is 6.92. The maximum atomic E-state index is 12.1. The van der Waals surface area contributed by atoms with Gasteiger partial charge < -0.3 is 11.1 Å². The first kappa shape index (κ1) is 17.5. The standard InChI is InChI=1S/C17H23ClN4O/c1-11-15(9-16(23)20-10-17(3,4)19)12(2)22(21-11)14-7-5-13(18)6-8-14/h5-8H,9-10,19H2,1-4H3,(H,20,23). The van der Waals surface area contributed by atoms with Crippen LogP contribution in [0, 0.1) is 13.8 Å². The molecular weight excluding hydrogens is 312 g/mol. The van der Waals surface area contributed by atoms with Crippen molar-refractivity contribution in [2.75, 3.05) is 6.54 Å². The van der Waals surface area contributed by atoms with Gasteiger partial charge in [0.1, 0.15) is 0 Å². The van der Waals surface area contributed by atoms with Gasteiger partial charge in [0.2, 0.25) is 5.91 Å². The Balaban J connectivity index is 2.18. The van der Waals surface area contributed by atoms with Gasteiger partial charge in [-0.05, 0) is 52.0 Å². The molecule has 2 aromatic rings. The predicted molar refractivity (Wildman–Crippen MR) is 93.0 cm³/mol. The number of nitrogens with one attached hydrogen (secondary N) is 1. The maximum absolute atomic E-state index is 12.1. The van der Waals surface area contributed by atoms with Crippen molar-refractivity contribution < 1.29 is 4.79 Å².